The Labute approximate surface area is 165 Å². The molecule has 3 aromatic carbocycles. The standard InChI is InChI=1S/C20H15ClFNOS2/c21-14-9-11-15(12-10-14)26-19-8-4-2-6-17(19)23-20(24)13-25-18-7-3-1-5-16(18)22/h1-12H,13H2,(H,23,24). The molecule has 3 aromatic rings. The number of halogens is 2. The molecule has 1 amide bonds. The molecule has 0 aliphatic carbocycles. The van der Waals surface area contributed by atoms with Crippen molar-refractivity contribution in [2.45, 2.75) is 14.7 Å². The van der Waals surface area contributed by atoms with Crippen LogP contribution < -0.4 is 5.32 Å². The third-order valence-corrected chi connectivity index (χ3v) is 5.78. The van der Waals surface area contributed by atoms with Crippen molar-refractivity contribution in [2.75, 3.05) is 11.1 Å². The Kier molecular flexibility index (Phi) is 6.61. The number of carbonyl (C=O) groups is 1. The fourth-order valence-corrected chi connectivity index (χ4v) is 3.95. The van der Waals surface area contributed by atoms with Gasteiger partial charge in [0.2, 0.25) is 5.91 Å². The minimum atomic E-state index is -0.316. The Morgan fingerprint density at radius 3 is 2.31 bits per heavy atom. The van der Waals surface area contributed by atoms with Gasteiger partial charge in [0.25, 0.3) is 0 Å². The molecule has 0 heterocycles. The maximum Gasteiger partial charge on any atom is 0.234 e. The van der Waals surface area contributed by atoms with Gasteiger partial charge in [0, 0.05) is 19.7 Å². The molecule has 0 radical (unpaired) electrons. The summed E-state index contributed by atoms with van der Waals surface area (Å²) in [5.41, 5.74) is 0.728. The second-order valence-corrected chi connectivity index (χ2v) is 7.89. The normalized spacial score (nSPS) is 10.5. The summed E-state index contributed by atoms with van der Waals surface area (Å²) in [6, 6.07) is 21.5. The van der Waals surface area contributed by atoms with Crippen molar-refractivity contribution in [1.82, 2.24) is 0 Å². The van der Waals surface area contributed by atoms with Crippen molar-refractivity contribution < 1.29 is 9.18 Å². The SMILES string of the molecule is O=C(CSc1ccccc1F)Nc1ccccc1Sc1ccc(Cl)cc1. The van der Waals surface area contributed by atoms with E-state index in [-0.39, 0.29) is 17.5 Å². The average Bonchev–Trinajstić information content (AvgIpc) is 2.64. The molecule has 3 rings (SSSR count). The number of anilines is 1. The van der Waals surface area contributed by atoms with Crippen LogP contribution in [0.15, 0.2) is 87.5 Å². The lowest BCUT2D eigenvalue weighted by Gasteiger charge is -2.11. The van der Waals surface area contributed by atoms with Crippen molar-refractivity contribution in [2.24, 2.45) is 0 Å². The molecule has 6 heteroatoms. The van der Waals surface area contributed by atoms with Crippen molar-refractivity contribution >= 4 is 46.7 Å². The number of amides is 1. The minimum Gasteiger partial charge on any atom is -0.324 e. The van der Waals surface area contributed by atoms with Gasteiger partial charge in [-0.3, -0.25) is 4.79 Å². The molecule has 1 N–H and O–H groups in total. The van der Waals surface area contributed by atoms with Crippen LogP contribution in [0.3, 0.4) is 0 Å². The minimum absolute atomic E-state index is 0.140. The molecule has 0 saturated heterocycles. The van der Waals surface area contributed by atoms with Gasteiger partial charge in [-0.15, -0.1) is 11.8 Å². The number of hydrogen-bond acceptors (Lipinski definition) is 3. The van der Waals surface area contributed by atoms with Gasteiger partial charge in [-0.25, -0.2) is 4.39 Å². The topological polar surface area (TPSA) is 29.1 Å². The zero-order valence-corrected chi connectivity index (χ0v) is 16.0. The van der Waals surface area contributed by atoms with Crippen LogP contribution in [0.25, 0.3) is 0 Å². The van der Waals surface area contributed by atoms with Crippen LogP contribution >= 0.6 is 35.1 Å². The first kappa shape index (κ1) is 18.8. The van der Waals surface area contributed by atoms with Crippen molar-refractivity contribution in [3.63, 3.8) is 0 Å². The van der Waals surface area contributed by atoms with Crippen molar-refractivity contribution in [3.8, 4) is 0 Å². The maximum atomic E-state index is 13.6. The molecule has 26 heavy (non-hydrogen) atoms. The molecule has 0 atom stereocenters. The molecule has 0 saturated carbocycles. The second kappa shape index (κ2) is 9.12. The summed E-state index contributed by atoms with van der Waals surface area (Å²) in [7, 11) is 0. The largest absolute Gasteiger partial charge is 0.324 e. The van der Waals surface area contributed by atoms with E-state index in [1.165, 1.54) is 17.8 Å². The summed E-state index contributed by atoms with van der Waals surface area (Å²) in [6.07, 6.45) is 0. The molecule has 0 spiro atoms. The zero-order chi connectivity index (χ0) is 18.4. The molecule has 0 fully saturated rings. The zero-order valence-electron chi connectivity index (χ0n) is 13.6. The Morgan fingerprint density at radius 2 is 1.58 bits per heavy atom. The molecule has 132 valence electrons. The molecular weight excluding hydrogens is 389 g/mol. The van der Waals surface area contributed by atoms with E-state index >= 15 is 0 Å². The van der Waals surface area contributed by atoms with Gasteiger partial charge in [-0.1, -0.05) is 47.6 Å². The highest BCUT2D eigenvalue weighted by Gasteiger charge is 2.10. The lowest BCUT2D eigenvalue weighted by Crippen LogP contribution is -2.14. The number of para-hydroxylation sites is 1. The van der Waals surface area contributed by atoms with Gasteiger partial charge in [0.15, 0.2) is 0 Å². The van der Waals surface area contributed by atoms with Gasteiger partial charge in [-0.05, 0) is 48.5 Å². The van der Waals surface area contributed by atoms with Gasteiger partial charge >= 0.3 is 0 Å². The van der Waals surface area contributed by atoms with E-state index in [4.69, 9.17) is 11.6 Å². The average molecular weight is 404 g/mol. The van der Waals surface area contributed by atoms with Crippen LogP contribution in [0.5, 0.6) is 0 Å². The summed E-state index contributed by atoms with van der Waals surface area (Å²) in [5, 5.41) is 3.58. The molecule has 0 aromatic heterocycles. The highest BCUT2D eigenvalue weighted by atomic mass is 35.5. The highest BCUT2D eigenvalue weighted by molar-refractivity contribution is 8.00. The van der Waals surface area contributed by atoms with Crippen LogP contribution in [0.2, 0.25) is 5.02 Å². The summed E-state index contributed by atoms with van der Waals surface area (Å²) < 4.78 is 13.6. The summed E-state index contributed by atoms with van der Waals surface area (Å²) >= 11 is 8.63. The van der Waals surface area contributed by atoms with Crippen LogP contribution in [-0.2, 0) is 4.79 Å². The predicted octanol–water partition coefficient (Wildman–Crippen LogP) is 6.36. The fraction of sp³-hybridized carbons (Fsp3) is 0.0500. The third kappa shape index (κ3) is 5.27. The van der Waals surface area contributed by atoms with E-state index in [9.17, 15) is 9.18 Å². The van der Waals surface area contributed by atoms with Gasteiger partial charge in [0.05, 0.1) is 11.4 Å². The molecule has 0 unspecified atom stereocenters. The number of carbonyl (C=O) groups excluding carboxylic acids is 1. The van der Waals surface area contributed by atoms with E-state index in [1.807, 2.05) is 48.5 Å². The van der Waals surface area contributed by atoms with Crippen LogP contribution in [0.1, 0.15) is 0 Å². The van der Waals surface area contributed by atoms with Gasteiger partial charge in [-0.2, -0.15) is 0 Å². The predicted molar refractivity (Wildman–Crippen MR) is 108 cm³/mol. The summed E-state index contributed by atoms with van der Waals surface area (Å²) in [6.45, 7) is 0. The first-order valence-electron chi connectivity index (χ1n) is 7.81. The number of rotatable bonds is 6. The van der Waals surface area contributed by atoms with Gasteiger partial charge in [0.1, 0.15) is 5.82 Å². The Bertz CT molecular complexity index is 902. The molecule has 2 nitrogen and oxygen atoms in total. The van der Waals surface area contributed by atoms with E-state index in [1.54, 1.807) is 30.0 Å². The van der Waals surface area contributed by atoms with Crippen molar-refractivity contribution in [3.05, 3.63) is 83.6 Å². The van der Waals surface area contributed by atoms with E-state index in [0.717, 1.165) is 15.5 Å². The lowest BCUT2D eigenvalue weighted by atomic mass is 10.3. The first-order valence-corrected chi connectivity index (χ1v) is 9.99. The quantitative estimate of drug-likeness (QED) is 0.485. The van der Waals surface area contributed by atoms with E-state index in [0.29, 0.717) is 9.92 Å². The van der Waals surface area contributed by atoms with Gasteiger partial charge < -0.3 is 5.32 Å². The van der Waals surface area contributed by atoms with Crippen molar-refractivity contribution in [1.29, 1.82) is 0 Å². The Hall–Kier alpha value is -1.95. The van der Waals surface area contributed by atoms with E-state index < -0.39 is 0 Å². The third-order valence-electron chi connectivity index (χ3n) is 3.40. The van der Waals surface area contributed by atoms with Crippen LogP contribution in [0, 0.1) is 5.82 Å². The molecule has 0 aliphatic rings. The van der Waals surface area contributed by atoms with E-state index in [2.05, 4.69) is 5.32 Å². The number of thioether (sulfide) groups is 1. The number of nitrogens with one attached hydrogen (secondary N) is 1. The Morgan fingerprint density at radius 1 is 0.923 bits per heavy atom. The maximum absolute atomic E-state index is 13.6. The van der Waals surface area contributed by atoms with Crippen LogP contribution in [0.4, 0.5) is 10.1 Å². The fourth-order valence-electron chi connectivity index (χ4n) is 2.18. The smallest absolute Gasteiger partial charge is 0.234 e. The molecular formula is C20H15ClFNOS2. The highest BCUT2D eigenvalue weighted by Crippen LogP contribution is 2.34. The Balaban J connectivity index is 1.65. The monoisotopic (exact) mass is 403 g/mol. The number of hydrogen-bond donors (Lipinski definition) is 1. The second-order valence-electron chi connectivity index (χ2n) is 5.32. The van der Waals surface area contributed by atoms with Crippen LogP contribution in [-0.4, -0.2) is 11.7 Å². The summed E-state index contributed by atoms with van der Waals surface area (Å²) in [5.74, 6) is -0.354. The number of benzene rings is 3. The molecule has 0 aliphatic heterocycles. The lowest BCUT2D eigenvalue weighted by molar-refractivity contribution is -0.113. The first-order chi connectivity index (χ1) is 12.6. The summed E-state index contributed by atoms with van der Waals surface area (Å²) in [4.78, 5) is 14.7. The molecule has 0 bridgehead atoms.